The van der Waals surface area contributed by atoms with Crippen LogP contribution >= 0.6 is 0 Å². The standard InChI is InChI=1S/C15H17N7O2/c1-9-13(19-20-18-9)15(24)22-6-11-4-21(5-12(11)7-22)14(23)10-2-16-8-17-3-10/h2-3,8,11-12H,4-7H2,1H3,(H,18,19,20)/t11-,12+. The number of aryl methyl sites for hydroxylation is 1. The lowest BCUT2D eigenvalue weighted by molar-refractivity contribution is 0.0734. The zero-order valence-corrected chi connectivity index (χ0v) is 13.2. The molecule has 2 fully saturated rings. The fraction of sp³-hybridized carbons (Fsp3) is 0.467. The van der Waals surface area contributed by atoms with Crippen LogP contribution in [0.3, 0.4) is 0 Å². The SMILES string of the molecule is Cc1n[nH]nc1C(=O)N1C[C@H]2CN(C(=O)c3cncnc3)C[C@H]2C1. The van der Waals surface area contributed by atoms with Crippen molar-refractivity contribution in [3.63, 3.8) is 0 Å². The molecule has 1 N–H and O–H groups in total. The van der Waals surface area contributed by atoms with Gasteiger partial charge in [0.05, 0.1) is 11.3 Å². The molecule has 0 radical (unpaired) electrons. The number of aromatic nitrogens is 5. The number of hydrogen-bond acceptors (Lipinski definition) is 6. The highest BCUT2D eigenvalue weighted by Gasteiger charge is 2.43. The number of H-pyrrole nitrogens is 1. The average Bonchev–Trinajstić information content (AvgIpc) is 3.28. The summed E-state index contributed by atoms with van der Waals surface area (Å²) in [6, 6.07) is 0. The van der Waals surface area contributed by atoms with Gasteiger partial charge in [0.25, 0.3) is 11.8 Å². The number of fused-ring (bicyclic) bond motifs is 1. The van der Waals surface area contributed by atoms with Crippen molar-refractivity contribution < 1.29 is 9.59 Å². The van der Waals surface area contributed by atoms with Crippen molar-refractivity contribution in [2.24, 2.45) is 11.8 Å². The van der Waals surface area contributed by atoms with Crippen LogP contribution in [0.5, 0.6) is 0 Å². The molecule has 2 amide bonds. The summed E-state index contributed by atoms with van der Waals surface area (Å²) in [4.78, 5) is 36.4. The molecule has 9 nitrogen and oxygen atoms in total. The predicted molar refractivity (Wildman–Crippen MR) is 81.9 cm³/mol. The molecule has 0 unspecified atom stereocenters. The van der Waals surface area contributed by atoms with Crippen LogP contribution in [-0.2, 0) is 0 Å². The second-order valence-electron chi connectivity index (χ2n) is 6.33. The van der Waals surface area contributed by atoms with Crippen molar-refractivity contribution in [1.29, 1.82) is 0 Å². The third kappa shape index (κ3) is 2.41. The Labute approximate surface area is 138 Å². The minimum atomic E-state index is -0.0926. The summed E-state index contributed by atoms with van der Waals surface area (Å²) in [5.41, 5.74) is 1.49. The van der Waals surface area contributed by atoms with Crippen LogP contribution in [0.15, 0.2) is 18.7 Å². The Morgan fingerprint density at radius 3 is 2.12 bits per heavy atom. The summed E-state index contributed by atoms with van der Waals surface area (Å²) in [6.07, 6.45) is 4.48. The summed E-state index contributed by atoms with van der Waals surface area (Å²) < 4.78 is 0. The van der Waals surface area contributed by atoms with Crippen LogP contribution in [0, 0.1) is 18.8 Å². The van der Waals surface area contributed by atoms with Crippen LogP contribution in [-0.4, -0.2) is 73.2 Å². The molecule has 0 saturated carbocycles. The minimum Gasteiger partial charge on any atom is -0.338 e. The molecule has 124 valence electrons. The van der Waals surface area contributed by atoms with Gasteiger partial charge in [-0.2, -0.15) is 15.4 Å². The van der Waals surface area contributed by atoms with Crippen molar-refractivity contribution in [3.05, 3.63) is 35.7 Å². The van der Waals surface area contributed by atoms with Gasteiger partial charge in [-0.25, -0.2) is 9.97 Å². The van der Waals surface area contributed by atoms with E-state index in [4.69, 9.17) is 0 Å². The molecule has 2 aromatic heterocycles. The molecule has 4 heterocycles. The van der Waals surface area contributed by atoms with E-state index in [1.807, 2.05) is 9.80 Å². The number of nitrogens with zero attached hydrogens (tertiary/aromatic N) is 6. The maximum Gasteiger partial charge on any atom is 0.276 e. The first kappa shape index (κ1) is 14.7. The van der Waals surface area contributed by atoms with Crippen LogP contribution in [0.2, 0.25) is 0 Å². The maximum atomic E-state index is 12.5. The fourth-order valence-electron chi connectivity index (χ4n) is 3.55. The number of carbonyl (C=O) groups excluding carboxylic acids is 2. The zero-order valence-electron chi connectivity index (χ0n) is 13.2. The second kappa shape index (κ2) is 5.66. The fourth-order valence-corrected chi connectivity index (χ4v) is 3.55. The van der Waals surface area contributed by atoms with Crippen LogP contribution in [0.25, 0.3) is 0 Å². The van der Waals surface area contributed by atoms with Gasteiger partial charge in [-0.1, -0.05) is 0 Å². The number of amides is 2. The van der Waals surface area contributed by atoms with E-state index >= 15 is 0 Å². The first-order valence-corrected chi connectivity index (χ1v) is 7.84. The molecule has 2 saturated heterocycles. The maximum absolute atomic E-state index is 12.5. The Morgan fingerprint density at radius 1 is 1.00 bits per heavy atom. The first-order chi connectivity index (χ1) is 11.6. The van der Waals surface area contributed by atoms with Gasteiger partial charge in [0.15, 0.2) is 5.69 Å². The van der Waals surface area contributed by atoms with Crippen LogP contribution in [0.1, 0.15) is 26.5 Å². The molecular formula is C15H17N7O2. The van der Waals surface area contributed by atoms with Crippen molar-refractivity contribution in [1.82, 2.24) is 35.2 Å². The number of aromatic amines is 1. The molecule has 2 aromatic rings. The van der Waals surface area contributed by atoms with E-state index in [1.54, 1.807) is 6.92 Å². The van der Waals surface area contributed by atoms with E-state index in [2.05, 4.69) is 25.4 Å². The molecule has 0 aliphatic carbocycles. The van der Waals surface area contributed by atoms with Crippen molar-refractivity contribution in [3.8, 4) is 0 Å². The van der Waals surface area contributed by atoms with Crippen molar-refractivity contribution in [2.45, 2.75) is 6.92 Å². The van der Waals surface area contributed by atoms with Crippen LogP contribution in [0.4, 0.5) is 0 Å². The van der Waals surface area contributed by atoms with Gasteiger partial charge in [-0.05, 0) is 6.92 Å². The molecule has 9 heteroatoms. The molecule has 0 aromatic carbocycles. The van der Waals surface area contributed by atoms with Gasteiger partial charge in [-0.15, -0.1) is 0 Å². The highest BCUT2D eigenvalue weighted by Crippen LogP contribution is 2.32. The Hall–Kier alpha value is -2.84. The minimum absolute atomic E-state index is 0.0461. The third-order valence-corrected chi connectivity index (χ3v) is 4.79. The van der Waals surface area contributed by atoms with E-state index < -0.39 is 0 Å². The predicted octanol–water partition coefficient (Wildman–Crippen LogP) is -0.253. The Balaban J connectivity index is 1.41. The quantitative estimate of drug-likeness (QED) is 0.815. The van der Waals surface area contributed by atoms with E-state index in [0.29, 0.717) is 55.0 Å². The molecule has 0 bridgehead atoms. The molecule has 4 rings (SSSR count). The molecular weight excluding hydrogens is 310 g/mol. The Kier molecular flexibility index (Phi) is 3.47. The lowest BCUT2D eigenvalue weighted by Gasteiger charge is -2.21. The summed E-state index contributed by atoms with van der Waals surface area (Å²) in [6.45, 7) is 4.35. The van der Waals surface area contributed by atoms with E-state index in [0.717, 1.165) is 0 Å². The number of hydrogen-bond donors (Lipinski definition) is 1. The second-order valence-corrected chi connectivity index (χ2v) is 6.33. The zero-order chi connectivity index (χ0) is 16.7. The Morgan fingerprint density at radius 2 is 1.58 bits per heavy atom. The monoisotopic (exact) mass is 327 g/mol. The van der Waals surface area contributed by atoms with E-state index in [-0.39, 0.29) is 11.8 Å². The lowest BCUT2D eigenvalue weighted by atomic mass is 10.0. The summed E-state index contributed by atoms with van der Waals surface area (Å²) in [5.74, 6) is 0.463. The van der Waals surface area contributed by atoms with Gasteiger partial charge in [0, 0.05) is 50.4 Å². The van der Waals surface area contributed by atoms with Gasteiger partial charge < -0.3 is 9.80 Å². The number of rotatable bonds is 2. The largest absolute Gasteiger partial charge is 0.338 e. The third-order valence-electron chi connectivity index (χ3n) is 4.79. The normalized spacial score (nSPS) is 22.7. The van der Waals surface area contributed by atoms with Crippen LogP contribution < -0.4 is 0 Å². The number of carbonyl (C=O) groups is 2. The number of likely N-dealkylation sites (tertiary alicyclic amines) is 2. The molecule has 2 atom stereocenters. The first-order valence-electron chi connectivity index (χ1n) is 7.84. The summed E-state index contributed by atoms with van der Waals surface area (Å²) in [5, 5.41) is 10.3. The lowest BCUT2D eigenvalue weighted by Crippen LogP contribution is -2.36. The molecule has 0 spiro atoms. The number of nitrogens with one attached hydrogen (secondary N) is 1. The van der Waals surface area contributed by atoms with Gasteiger partial charge in [0.2, 0.25) is 0 Å². The highest BCUT2D eigenvalue weighted by atomic mass is 16.2. The summed E-state index contributed by atoms with van der Waals surface area (Å²) in [7, 11) is 0. The topological polar surface area (TPSA) is 108 Å². The highest BCUT2D eigenvalue weighted by molar-refractivity contribution is 5.94. The Bertz CT molecular complexity index is 761. The van der Waals surface area contributed by atoms with Gasteiger partial charge in [0.1, 0.15) is 6.33 Å². The molecule has 24 heavy (non-hydrogen) atoms. The van der Waals surface area contributed by atoms with E-state index in [9.17, 15) is 9.59 Å². The van der Waals surface area contributed by atoms with Crippen molar-refractivity contribution in [2.75, 3.05) is 26.2 Å². The van der Waals surface area contributed by atoms with Gasteiger partial charge in [-0.3, -0.25) is 9.59 Å². The summed E-state index contributed by atoms with van der Waals surface area (Å²) >= 11 is 0. The smallest absolute Gasteiger partial charge is 0.276 e. The molecule has 2 aliphatic rings. The van der Waals surface area contributed by atoms with Crippen molar-refractivity contribution >= 4 is 11.8 Å². The average molecular weight is 327 g/mol. The van der Waals surface area contributed by atoms with E-state index in [1.165, 1.54) is 18.7 Å². The molecule has 2 aliphatic heterocycles. The van der Waals surface area contributed by atoms with Gasteiger partial charge >= 0.3 is 0 Å².